The standard InChI is InChI=1S/C14H19N3O/c1-11(14(18)17(2)3)16-13(9-10-15)12-7-5-4-6-8-12/h4-8,11,13,16H,9H2,1-3H3. The van der Waals surface area contributed by atoms with Crippen LogP contribution >= 0.6 is 0 Å². The van der Waals surface area contributed by atoms with E-state index in [9.17, 15) is 4.79 Å². The van der Waals surface area contributed by atoms with E-state index in [1.807, 2.05) is 37.3 Å². The Morgan fingerprint density at radius 2 is 2.00 bits per heavy atom. The van der Waals surface area contributed by atoms with Crippen molar-refractivity contribution in [1.82, 2.24) is 10.2 Å². The first-order valence-corrected chi connectivity index (χ1v) is 5.95. The highest BCUT2D eigenvalue weighted by Gasteiger charge is 2.19. The molecule has 0 aliphatic rings. The van der Waals surface area contributed by atoms with Crippen molar-refractivity contribution in [2.24, 2.45) is 0 Å². The maximum Gasteiger partial charge on any atom is 0.238 e. The van der Waals surface area contributed by atoms with Gasteiger partial charge in [-0.2, -0.15) is 5.26 Å². The van der Waals surface area contributed by atoms with Gasteiger partial charge >= 0.3 is 0 Å². The van der Waals surface area contributed by atoms with Crippen LogP contribution in [0.25, 0.3) is 0 Å². The summed E-state index contributed by atoms with van der Waals surface area (Å²) in [5, 5.41) is 12.1. The van der Waals surface area contributed by atoms with Crippen molar-refractivity contribution in [3.05, 3.63) is 35.9 Å². The molecule has 1 N–H and O–H groups in total. The summed E-state index contributed by atoms with van der Waals surface area (Å²) in [6, 6.07) is 11.4. The zero-order valence-electron chi connectivity index (χ0n) is 11.1. The second-order valence-electron chi connectivity index (χ2n) is 4.45. The van der Waals surface area contributed by atoms with E-state index < -0.39 is 0 Å². The fraction of sp³-hybridized carbons (Fsp3) is 0.429. The Morgan fingerprint density at radius 3 is 2.50 bits per heavy atom. The molecule has 2 unspecified atom stereocenters. The number of nitriles is 1. The van der Waals surface area contributed by atoms with Gasteiger partial charge in [0, 0.05) is 20.1 Å². The molecule has 0 spiro atoms. The van der Waals surface area contributed by atoms with Crippen molar-refractivity contribution in [2.75, 3.05) is 14.1 Å². The smallest absolute Gasteiger partial charge is 0.238 e. The van der Waals surface area contributed by atoms with Crippen molar-refractivity contribution < 1.29 is 4.79 Å². The largest absolute Gasteiger partial charge is 0.347 e. The number of rotatable bonds is 5. The lowest BCUT2D eigenvalue weighted by Gasteiger charge is -2.23. The molecule has 4 heteroatoms. The van der Waals surface area contributed by atoms with E-state index in [-0.39, 0.29) is 18.0 Å². The number of carbonyl (C=O) groups excluding carboxylic acids is 1. The Kier molecular flexibility index (Phi) is 5.34. The molecule has 0 saturated heterocycles. The molecule has 4 nitrogen and oxygen atoms in total. The Labute approximate surface area is 108 Å². The number of hydrogen-bond acceptors (Lipinski definition) is 3. The lowest BCUT2D eigenvalue weighted by atomic mass is 10.0. The van der Waals surface area contributed by atoms with Gasteiger partial charge in [0.05, 0.1) is 18.5 Å². The molecule has 2 atom stereocenters. The van der Waals surface area contributed by atoms with Crippen molar-refractivity contribution in [3.8, 4) is 6.07 Å². The molecule has 1 aromatic rings. The summed E-state index contributed by atoms with van der Waals surface area (Å²) in [5.74, 6) is 0.00821. The van der Waals surface area contributed by atoms with Gasteiger partial charge in [0.15, 0.2) is 0 Å². The molecule has 96 valence electrons. The van der Waals surface area contributed by atoms with Crippen molar-refractivity contribution in [3.63, 3.8) is 0 Å². The summed E-state index contributed by atoms with van der Waals surface area (Å²) >= 11 is 0. The molecule has 1 rings (SSSR count). The van der Waals surface area contributed by atoms with Crippen LogP contribution in [-0.2, 0) is 4.79 Å². The highest BCUT2D eigenvalue weighted by molar-refractivity contribution is 5.80. The first-order valence-electron chi connectivity index (χ1n) is 5.95. The number of hydrogen-bond donors (Lipinski definition) is 1. The second-order valence-corrected chi connectivity index (χ2v) is 4.45. The normalized spacial score (nSPS) is 13.4. The van der Waals surface area contributed by atoms with E-state index in [0.717, 1.165) is 5.56 Å². The summed E-state index contributed by atoms with van der Waals surface area (Å²) in [6.07, 6.45) is 0.342. The Morgan fingerprint density at radius 1 is 1.39 bits per heavy atom. The minimum atomic E-state index is -0.307. The molecule has 0 radical (unpaired) electrons. The summed E-state index contributed by atoms with van der Waals surface area (Å²) in [7, 11) is 3.45. The predicted molar refractivity (Wildman–Crippen MR) is 70.7 cm³/mol. The van der Waals surface area contributed by atoms with Gasteiger partial charge in [-0.1, -0.05) is 30.3 Å². The molecule has 0 aliphatic heterocycles. The molecule has 18 heavy (non-hydrogen) atoms. The van der Waals surface area contributed by atoms with Crippen LogP contribution in [0.3, 0.4) is 0 Å². The first kappa shape index (κ1) is 14.2. The molecule has 0 aromatic heterocycles. The quantitative estimate of drug-likeness (QED) is 0.859. The molecule has 0 fully saturated rings. The van der Waals surface area contributed by atoms with Gasteiger partial charge in [0.1, 0.15) is 0 Å². The van der Waals surface area contributed by atoms with E-state index in [2.05, 4.69) is 11.4 Å². The third-order valence-electron chi connectivity index (χ3n) is 2.76. The number of nitrogens with zero attached hydrogens (tertiary/aromatic N) is 2. The van der Waals surface area contributed by atoms with Crippen molar-refractivity contribution in [1.29, 1.82) is 5.26 Å². The molecular formula is C14H19N3O. The zero-order chi connectivity index (χ0) is 13.5. The summed E-state index contributed by atoms with van der Waals surface area (Å²) in [5.41, 5.74) is 1.03. The Bertz CT molecular complexity index is 422. The maximum atomic E-state index is 11.8. The average Bonchev–Trinajstić information content (AvgIpc) is 2.38. The van der Waals surface area contributed by atoms with Crippen LogP contribution < -0.4 is 5.32 Å². The van der Waals surface area contributed by atoms with Crippen molar-refractivity contribution in [2.45, 2.75) is 25.4 Å². The summed E-state index contributed by atoms with van der Waals surface area (Å²) < 4.78 is 0. The highest BCUT2D eigenvalue weighted by Crippen LogP contribution is 2.16. The number of carbonyl (C=O) groups is 1. The summed E-state index contributed by atoms with van der Waals surface area (Å²) in [6.45, 7) is 1.82. The van der Waals surface area contributed by atoms with Gasteiger partial charge in [0.2, 0.25) is 5.91 Å². The van der Waals surface area contributed by atoms with Crippen LogP contribution in [0.2, 0.25) is 0 Å². The number of likely N-dealkylation sites (N-methyl/N-ethyl adjacent to an activating group) is 1. The number of amides is 1. The van der Waals surface area contributed by atoms with Gasteiger partial charge in [-0.3, -0.25) is 10.1 Å². The lowest BCUT2D eigenvalue weighted by molar-refractivity contribution is -0.130. The molecule has 0 bridgehead atoms. The van der Waals surface area contributed by atoms with E-state index in [1.165, 1.54) is 0 Å². The third kappa shape index (κ3) is 3.86. The zero-order valence-corrected chi connectivity index (χ0v) is 11.1. The molecule has 1 aromatic carbocycles. The fourth-order valence-corrected chi connectivity index (χ4v) is 1.81. The van der Waals surface area contributed by atoms with Crippen LogP contribution in [0.5, 0.6) is 0 Å². The Balaban J connectivity index is 2.76. The Hall–Kier alpha value is -1.86. The maximum absolute atomic E-state index is 11.8. The molecular weight excluding hydrogens is 226 g/mol. The van der Waals surface area contributed by atoms with Gasteiger partial charge in [-0.05, 0) is 12.5 Å². The minimum Gasteiger partial charge on any atom is -0.347 e. The minimum absolute atomic E-state index is 0.00821. The molecule has 0 saturated carbocycles. The average molecular weight is 245 g/mol. The SMILES string of the molecule is CC(NC(CC#N)c1ccccc1)C(=O)N(C)C. The monoisotopic (exact) mass is 245 g/mol. The predicted octanol–water partition coefficient (Wildman–Crippen LogP) is 1.71. The van der Waals surface area contributed by atoms with Crippen LogP contribution in [0, 0.1) is 11.3 Å². The van der Waals surface area contributed by atoms with E-state index in [4.69, 9.17) is 5.26 Å². The molecule has 1 amide bonds. The lowest BCUT2D eigenvalue weighted by Crippen LogP contribution is -2.43. The van der Waals surface area contributed by atoms with Crippen LogP contribution in [-0.4, -0.2) is 30.9 Å². The molecule has 0 aliphatic carbocycles. The first-order chi connectivity index (χ1) is 8.56. The third-order valence-corrected chi connectivity index (χ3v) is 2.76. The van der Waals surface area contributed by atoms with Gasteiger partial charge in [-0.15, -0.1) is 0 Å². The van der Waals surface area contributed by atoms with Gasteiger partial charge in [-0.25, -0.2) is 0 Å². The topological polar surface area (TPSA) is 56.1 Å². The van der Waals surface area contributed by atoms with E-state index >= 15 is 0 Å². The fourth-order valence-electron chi connectivity index (χ4n) is 1.81. The van der Waals surface area contributed by atoms with E-state index in [1.54, 1.807) is 19.0 Å². The summed E-state index contributed by atoms with van der Waals surface area (Å²) in [4.78, 5) is 13.3. The van der Waals surface area contributed by atoms with E-state index in [0.29, 0.717) is 6.42 Å². The number of nitrogens with one attached hydrogen (secondary N) is 1. The van der Waals surface area contributed by atoms with Gasteiger partial charge in [0.25, 0.3) is 0 Å². The highest BCUT2D eigenvalue weighted by atomic mass is 16.2. The van der Waals surface area contributed by atoms with Crippen molar-refractivity contribution >= 4 is 5.91 Å². The second kappa shape index (κ2) is 6.77. The number of benzene rings is 1. The van der Waals surface area contributed by atoms with Crippen LogP contribution in [0.15, 0.2) is 30.3 Å². The molecule has 0 heterocycles. The van der Waals surface area contributed by atoms with Crippen LogP contribution in [0.4, 0.5) is 0 Å². The van der Waals surface area contributed by atoms with Gasteiger partial charge < -0.3 is 4.90 Å². The van der Waals surface area contributed by atoms with Crippen LogP contribution in [0.1, 0.15) is 24.9 Å².